The fraction of sp³-hybridized carbons (Fsp3) is 0.417. The molecule has 0 saturated heterocycles. The summed E-state index contributed by atoms with van der Waals surface area (Å²) in [4.78, 5) is 0. The SMILES string of the molecule is C=CC1CCC(COc2cc3oc4cc(CCC)c(F)c(F)c4c3c(F)c2F)CC1. The monoisotopic (exact) mass is 420 g/mol. The second-order valence-electron chi connectivity index (χ2n) is 8.09. The molecule has 0 amide bonds. The van der Waals surface area contributed by atoms with Crippen molar-refractivity contribution in [3.05, 3.63) is 53.6 Å². The van der Waals surface area contributed by atoms with Crippen LogP contribution in [0.2, 0.25) is 0 Å². The van der Waals surface area contributed by atoms with Crippen molar-refractivity contribution in [3.8, 4) is 5.75 Å². The normalized spacial score (nSPS) is 19.5. The minimum Gasteiger partial charge on any atom is -0.490 e. The van der Waals surface area contributed by atoms with Gasteiger partial charge in [-0.25, -0.2) is 13.2 Å². The maximum Gasteiger partial charge on any atom is 0.201 e. The molecule has 0 atom stereocenters. The van der Waals surface area contributed by atoms with Crippen molar-refractivity contribution >= 4 is 21.9 Å². The molecule has 6 heteroatoms. The molecule has 0 bridgehead atoms. The Morgan fingerprint density at radius 3 is 2.23 bits per heavy atom. The Kier molecular flexibility index (Phi) is 5.76. The highest BCUT2D eigenvalue weighted by Gasteiger charge is 2.26. The van der Waals surface area contributed by atoms with Gasteiger partial charge in [-0.1, -0.05) is 19.4 Å². The Morgan fingerprint density at radius 1 is 0.967 bits per heavy atom. The lowest BCUT2D eigenvalue weighted by Gasteiger charge is -2.26. The third-order valence-electron chi connectivity index (χ3n) is 6.07. The zero-order chi connectivity index (χ0) is 21.4. The Morgan fingerprint density at radius 2 is 1.60 bits per heavy atom. The quantitative estimate of drug-likeness (QED) is 0.305. The summed E-state index contributed by atoms with van der Waals surface area (Å²) in [6, 6.07) is 2.58. The average Bonchev–Trinajstić information content (AvgIpc) is 3.12. The van der Waals surface area contributed by atoms with Crippen molar-refractivity contribution in [2.24, 2.45) is 11.8 Å². The van der Waals surface area contributed by atoms with E-state index >= 15 is 0 Å². The minimum absolute atomic E-state index is 0.00875. The van der Waals surface area contributed by atoms with Crippen molar-refractivity contribution in [2.75, 3.05) is 6.61 Å². The van der Waals surface area contributed by atoms with Crippen molar-refractivity contribution in [1.29, 1.82) is 0 Å². The predicted octanol–water partition coefficient (Wildman–Crippen LogP) is 7.47. The molecule has 0 unspecified atom stereocenters. The number of halogens is 4. The third-order valence-corrected chi connectivity index (χ3v) is 6.07. The van der Waals surface area contributed by atoms with Gasteiger partial charge in [0.2, 0.25) is 5.82 Å². The van der Waals surface area contributed by atoms with E-state index in [1.165, 1.54) is 12.1 Å². The molecule has 0 N–H and O–H groups in total. The van der Waals surface area contributed by atoms with Crippen molar-refractivity contribution < 1.29 is 26.7 Å². The first-order valence-corrected chi connectivity index (χ1v) is 10.4. The number of ether oxygens (including phenoxy) is 1. The number of hydrogen-bond donors (Lipinski definition) is 0. The first-order chi connectivity index (χ1) is 14.4. The van der Waals surface area contributed by atoms with Gasteiger partial charge in [-0.15, -0.1) is 6.58 Å². The van der Waals surface area contributed by atoms with Crippen LogP contribution in [0.1, 0.15) is 44.6 Å². The summed E-state index contributed by atoms with van der Waals surface area (Å²) in [5.74, 6) is -4.32. The van der Waals surface area contributed by atoms with Gasteiger partial charge in [0.1, 0.15) is 11.2 Å². The number of hydrogen-bond acceptors (Lipinski definition) is 2. The summed E-state index contributed by atoms with van der Waals surface area (Å²) >= 11 is 0. The molecule has 1 aromatic heterocycles. The van der Waals surface area contributed by atoms with E-state index in [-0.39, 0.29) is 40.4 Å². The second-order valence-corrected chi connectivity index (χ2v) is 8.09. The Bertz CT molecular complexity index is 1090. The number of rotatable bonds is 6. The van der Waals surface area contributed by atoms with E-state index in [1.54, 1.807) is 0 Å². The zero-order valence-corrected chi connectivity index (χ0v) is 16.9. The molecule has 1 heterocycles. The second kappa shape index (κ2) is 8.32. The van der Waals surface area contributed by atoms with E-state index in [0.717, 1.165) is 25.7 Å². The zero-order valence-electron chi connectivity index (χ0n) is 16.9. The van der Waals surface area contributed by atoms with Gasteiger partial charge in [-0.05, 0) is 55.6 Å². The van der Waals surface area contributed by atoms with Crippen molar-refractivity contribution in [2.45, 2.75) is 45.4 Å². The maximum atomic E-state index is 14.8. The molecule has 2 aromatic carbocycles. The highest BCUT2D eigenvalue weighted by Crippen LogP contribution is 2.39. The Labute approximate surface area is 172 Å². The molecule has 30 heavy (non-hydrogen) atoms. The molecule has 4 rings (SSSR count). The number of furan rings is 1. The number of fused-ring (bicyclic) bond motifs is 3. The van der Waals surface area contributed by atoms with E-state index in [4.69, 9.17) is 9.15 Å². The van der Waals surface area contributed by atoms with Crippen molar-refractivity contribution in [3.63, 3.8) is 0 Å². The predicted molar refractivity (Wildman–Crippen MR) is 109 cm³/mol. The van der Waals surface area contributed by atoms with Gasteiger partial charge in [0, 0.05) is 6.07 Å². The molecule has 1 aliphatic rings. The first kappa shape index (κ1) is 20.8. The van der Waals surface area contributed by atoms with E-state index in [1.807, 2.05) is 13.0 Å². The molecule has 160 valence electrons. The molecule has 0 aliphatic heterocycles. The van der Waals surface area contributed by atoms with Gasteiger partial charge in [-0.3, -0.25) is 0 Å². The number of allylic oxidation sites excluding steroid dienone is 1. The lowest BCUT2D eigenvalue weighted by molar-refractivity contribution is 0.188. The molecule has 0 spiro atoms. The topological polar surface area (TPSA) is 22.4 Å². The van der Waals surface area contributed by atoms with Crippen LogP contribution in [0, 0.1) is 35.1 Å². The summed E-state index contributed by atoms with van der Waals surface area (Å²) in [5.41, 5.74) is 0.0702. The maximum absolute atomic E-state index is 14.8. The summed E-state index contributed by atoms with van der Waals surface area (Å²) < 4.78 is 69.6. The molecule has 3 aromatic rings. The largest absolute Gasteiger partial charge is 0.490 e. The van der Waals surface area contributed by atoms with Crippen molar-refractivity contribution in [1.82, 2.24) is 0 Å². The summed E-state index contributed by atoms with van der Waals surface area (Å²) in [7, 11) is 0. The number of benzene rings is 2. The minimum atomic E-state index is -1.29. The van der Waals surface area contributed by atoms with Gasteiger partial charge in [0.15, 0.2) is 23.2 Å². The lowest BCUT2D eigenvalue weighted by atomic mass is 9.82. The van der Waals surface area contributed by atoms with Crippen LogP contribution in [0.15, 0.2) is 29.2 Å². The van der Waals surface area contributed by atoms with Gasteiger partial charge in [0.05, 0.1) is 17.4 Å². The molecule has 1 aliphatic carbocycles. The van der Waals surface area contributed by atoms with Crippen LogP contribution in [-0.2, 0) is 6.42 Å². The molecular formula is C24H24F4O2. The molecular weight excluding hydrogens is 396 g/mol. The highest BCUT2D eigenvalue weighted by atomic mass is 19.2. The lowest BCUT2D eigenvalue weighted by Crippen LogP contribution is -2.19. The standard InChI is InChI=1S/C24H24F4O2/c1-3-5-15-10-16-19(23(27)21(15)25)20-17(30-16)11-18(22(26)24(20)28)29-12-14-8-6-13(4-2)7-9-14/h4,10-11,13-14H,2-3,5-9,12H2,1H3. The number of aryl methyl sites for hydroxylation is 1. The van der Waals surface area contributed by atoms with Gasteiger partial charge in [0.25, 0.3) is 0 Å². The summed E-state index contributed by atoms with van der Waals surface area (Å²) in [6.07, 6.45) is 6.74. The van der Waals surface area contributed by atoms with Crippen LogP contribution >= 0.6 is 0 Å². The molecule has 1 saturated carbocycles. The van der Waals surface area contributed by atoms with Crippen LogP contribution in [-0.4, -0.2) is 6.61 Å². The highest BCUT2D eigenvalue weighted by molar-refractivity contribution is 6.06. The van der Waals surface area contributed by atoms with E-state index in [2.05, 4.69) is 6.58 Å². The Hall–Kier alpha value is -2.50. The summed E-state index contributed by atoms with van der Waals surface area (Å²) in [5, 5.41) is -0.783. The van der Waals surface area contributed by atoms with Crippen LogP contribution in [0.4, 0.5) is 17.6 Å². The van der Waals surface area contributed by atoms with E-state index in [9.17, 15) is 17.6 Å². The van der Waals surface area contributed by atoms with Gasteiger partial charge < -0.3 is 9.15 Å². The van der Waals surface area contributed by atoms with Crippen LogP contribution < -0.4 is 4.74 Å². The van der Waals surface area contributed by atoms with E-state index < -0.39 is 28.7 Å². The fourth-order valence-corrected chi connectivity index (χ4v) is 4.33. The van der Waals surface area contributed by atoms with Gasteiger partial charge in [-0.2, -0.15) is 4.39 Å². The average molecular weight is 420 g/mol. The molecule has 0 radical (unpaired) electrons. The fourth-order valence-electron chi connectivity index (χ4n) is 4.33. The Balaban J connectivity index is 1.68. The summed E-state index contributed by atoms with van der Waals surface area (Å²) in [6.45, 7) is 5.91. The third kappa shape index (κ3) is 3.57. The van der Waals surface area contributed by atoms with Crippen LogP contribution in [0.5, 0.6) is 5.75 Å². The van der Waals surface area contributed by atoms with Crippen LogP contribution in [0.3, 0.4) is 0 Å². The smallest absolute Gasteiger partial charge is 0.201 e. The molecule has 2 nitrogen and oxygen atoms in total. The molecule has 1 fully saturated rings. The van der Waals surface area contributed by atoms with Gasteiger partial charge >= 0.3 is 0 Å². The van der Waals surface area contributed by atoms with Crippen LogP contribution in [0.25, 0.3) is 21.9 Å². The van der Waals surface area contributed by atoms with E-state index in [0.29, 0.717) is 18.8 Å². The first-order valence-electron chi connectivity index (χ1n) is 10.4.